The summed E-state index contributed by atoms with van der Waals surface area (Å²) in [7, 11) is 0. The molecule has 0 radical (unpaired) electrons. The van der Waals surface area contributed by atoms with E-state index in [1.54, 1.807) is 23.9 Å². The molecule has 0 N–H and O–H groups in total. The third-order valence-corrected chi connectivity index (χ3v) is 6.31. The number of carboxylic acids is 1. The first-order chi connectivity index (χ1) is 11.6. The van der Waals surface area contributed by atoms with Crippen LogP contribution in [-0.4, -0.2) is 50.8 Å². The Morgan fingerprint density at radius 1 is 1.48 bits per heavy atom. The summed E-state index contributed by atoms with van der Waals surface area (Å²) in [6.07, 6.45) is 6.82. The van der Waals surface area contributed by atoms with Crippen LogP contribution in [-0.2, 0) is 14.3 Å². The minimum Gasteiger partial charge on any atom is -0.543 e. The molecular weight excluding hydrogens is 353 g/mol. The van der Waals surface area contributed by atoms with Gasteiger partial charge in [-0.25, -0.2) is 4.98 Å². The number of carbonyl (C=O) groups is 2. The summed E-state index contributed by atoms with van der Waals surface area (Å²) < 4.78 is 7.70. The van der Waals surface area contributed by atoms with Gasteiger partial charge in [-0.2, -0.15) is 0 Å². The number of rotatable bonds is 2. The molecule has 3 unspecified atom stereocenters. The largest absolute Gasteiger partial charge is 1.00 e. The fraction of sp³-hybridized carbons (Fsp3) is 0.438. The average molecular weight is 367 g/mol. The van der Waals surface area contributed by atoms with Gasteiger partial charge in [-0.05, 0) is 18.9 Å². The van der Waals surface area contributed by atoms with Crippen molar-refractivity contribution in [3.05, 3.63) is 29.2 Å². The van der Waals surface area contributed by atoms with Gasteiger partial charge in [0.25, 0.3) is 5.91 Å². The molecule has 0 aromatic carbocycles. The van der Waals surface area contributed by atoms with E-state index in [2.05, 4.69) is 9.55 Å². The normalized spacial score (nSPS) is 31.0. The number of hydrogen-bond donors (Lipinski definition) is 0. The van der Waals surface area contributed by atoms with Crippen molar-refractivity contribution in [3.63, 3.8) is 0 Å². The maximum atomic E-state index is 12.2. The summed E-state index contributed by atoms with van der Waals surface area (Å²) in [5, 5.41) is 12.4. The van der Waals surface area contributed by atoms with E-state index in [9.17, 15) is 14.7 Å². The molecule has 4 aliphatic heterocycles. The zero-order chi connectivity index (χ0) is 16.4. The van der Waals surface area contributed by atoms with E-state index in [0.29, 0.717) is 23.3 Å². The van der Waals surface area contributed by atoms with Crippen molar-refractivity contribution in [2.24, 2.45) is 0 Å². The Labute approximate surface area is 170 Å². The van der Waals surface area contributed by atoms with Crippen molar-refractivity contribution < 1.29 is 49.0 Å². The van der Waals surface area contributed by atoms with Gasteiger partial charge in [-0.1, -0.05) is 17.8 Å². The van der Waals surface area contributed by atoms with Crippen molar-refractivity contribution in [1.82, 2.24) is 14.5 Å². The van der Waals surface area contributed by atoms with Gasteiger partial charge in [0, 0.05) is 18.4 Å². The molecular formula is C16H14N3NaO4S. The number of imidazole rings is 1. The summed E-state index contributed by atoms with van der Waals surface area (Å²) in [5.74, 6) is -1.56. The van der Waals surface area contributed by atoms with Gasteiger partial charge in [0.2, 0.25) is 0 Å². The van der Waals surface area contributed by atoms with Crippen LogP contribution in [0, 0.1) is 0 Å². The molecule has 3 atom stereocenters. The number of thioether (sulfide) groups is 1. The Hall–Kier alpha value is -1.06. The summed E-state index contributed by atoms with van der Waals surface area (Å²) in [5.41, 5.74) is 1.36. The van der Waals surface area contributed by atoms with Gasteiger partial charge in [0.05, 0.1) is 41.3 Å². The summed E-state index contributed by atoms with van der Waals surface area (Å²) in [4.78, 5) is 29.2. The van der Waals surface area contributed by atoms with Crippen LogP contribution in [0.4, 0.5) is 0 Å². The number of β-lactam (4-membered cyclic amide) rings is 1. The third-order valence-electron chi connectivity index (χ3n) is 5.04. The van der Waals surface area contributed by atoms with E-state index < -0.39 is 5.97 Å². The molecule has 1 amide bonds. The Morgan fingerprint density at radius 3 is 3.12 bits per heavy atom. The van der Waals surface area contributed by atoms with E-state index in [1.165, 1.54) is 4.90 Å². The van der Waals surface area contributed by atoms with E-state index in [-0.39, 0.29) is 47.2 Å². The molecule has 0 saturated carbocycles. The van der Waals surface area contributed by atoms with Crippen LogP contribution in [0.3, 0.4) is 0 Å². The zero-order valence-corrected chi connectivity index (χ0v) is 16.5. The Kier molecular flexibility index (Phi) is 4.36. The van der Waals surface area contributed by atoms with Crippen LogP contribution in [0.25, 0.3) is 6.08 Å². The van der Waals surface area contributed by atoms with Gasteiger partial charge in [-0.3, -0.25) is 9.69 Å². The Balaban J connectivity index is 0.00000157. The second kappa shape index (κ2) is 6.28. The monoisotopic (exact) mass is 367 g/mol. The molecule has 4 aliphatic rings. The SMILES string of the molecule is O=C([O-])C1=CCC2/C(=C\c3cn4c(n3)SC3COCCC34)C(=O)N12.[Na+]. The predicted molar refractivity (Wildman–Crippen MR) is 82.7 cm³/mol. The molecule has 0 spiro atoms. The first kappa shape index (κ1) is 17.4. The first-order valence-electron chi connectivity index (χ1n) is 7.93. The molecule has 0 bridgehead atoms. The minimum absolute atomic E-state index is 0. The molecule has 7 nitrogen and oxygen atoms in total. The Morgan fingerprint density at radius 2 is 2.32 bits per heavy atom. The molecule has 124 valence electrons. The van der Waals surface area contributed by atoms with Crippen LogP contribution < -0.4 is 34.7 Å². The van der Waals surface area contributed by atoms with E-state index in [0.717, 1.165) is 30.5 Å². The van der Waals surface area contributed by atoms with Gasteiger partial charge in [0.15, 0.2) is 5.16 Å². The van der Waals surface area contributed by atoms with Crippen molar-refractivity contribution in [2.45, 2.75) is 35.3 Å². The number of nitrogens with zero attached hydrogens (tertiary/aromatic N) is 3. The second-order valence-electron chi connectivity index (χ2n) is 6.35. The van der Waals surface area contributed by atoms with Crippen LogP contribution in [0.15, 0.2) is 28.7 Å². The molecule has 9 heteroatoms. The number of aliphatic carboxylic acids is 1. The number of fused-ring (bicyclic) bond motifs is 4. The number of carboxylic acid groups (broad SMARTS) is 1. The van der Waals surface area contributed by atoms with Crippen LogP contribution >= 0.6 is 11.8 Å². The molecule has 0 aliphatic carbocycles. The predicted octanol–water partition coefficient (Wildman–Crippen LogP) is -3.05. The number of hydrogen-bond acceptors (Lipinski definition) is 6. The van der Waals surface area contributed by atoms with Crippen molar-refractivity contribution in [2.75, 3.05) is 13.2 Å². The quantitative estimate of drug-likeness (QED) is 0.314. The molecule has 2 fully saturated rings. The van der Waals surface area contributed by atoms with Crippen molar-refractivity contribution >= 4 is 29.7 Å². The fourth-order valence-corrected chi connectivity index (χ4v) is 5.21. The van der Waals surface area contributed by atoms with Crippen LogP contribution in [0.1, 0.15) is 24.6 Å². The van der Waals surface area contributed by atoms with Gasteiger partial charge < -0.3 is 19.2 Å². The number of ether oxygens (including phenoxy) is 1. The molecule has 25 heavy (non-hydrogen) atoms. The third kappa shape index (κ3) is 2.54. The van der Waals surface area contributed by atoms with Gasteiger partial charge >= 0.3 is 29.6 Å². The zero-order valence-electron chi connectivity index (χ0n) is 13.7. The minimum atomic E-state index is -1.30. The van der Waals surface area contributed by atoms with Crippen LogP contribution in [0.2, 0.25) is 0 Å². The maximum Gasteiger partial charge on any atom is 1.00 e. The van der Waals surface area contributed by atoms with E-state index in [1.807, 2.05) is 6.20 Å². The molecule has 1 aromatic heterocycles. The summed E-state index contributed by atoms with van der Waals surface area (Å²) >= 11 is 1.72. The Bertz CT molecular complexity index is 833. The van der Waals surface area contributed by atoms with Gasteiger partial charge in [0.1, 0.15) is 0 Å². The number of carbonyl (C=O) groups excluding carboxylic acids is 2. The first-order valence-corrected chi connectivity index (χ1v) is 8.81. The van der Waals surface area contributed by atoms with Crippen molar-refractivity contribution in [1.29, 1.82) is 0 Å². The number of amides is 1. The topological polar surface area (TPSA) is 87.5 Å². The van der Waals surface area contributed by atoms with Crippen LogP contribution in [0.5, 0.6) is 0 Å². The smallest absolute Gasteiger partial charge is 0.543 e. The molecule has 5 heterocycles. The van der Waals surface area contributed by atoms with E-state index >= 15 is 0 Å². The molecule has 1 aromatic rings. The number of aromatic nitrogens is 2. The summed E-state index contributed by atoms with van der Waals surface area (Å²) in [6.45, 7) is 1.52. The summed E-state index contributed by atoms with van der Waals surface area (Å²) in [6, 6.07) is 0.218. The maximum absolute atomic E-state index is 12.2. The molecule has 2 saturated heterocycles. The molecule has 5 rings (SSSR count). The average Bonchev–Trinajstić information content (AvgIpc) is 3.22. The fourth-order valence-electron chi connectivity index (χ4n) is 3.88. The standard InChI is InChI=1S/C16H15N3O4S.Na/c20-14-9(10-1-2-12(15(21)22)19(10)14)5-8-6-18-11-3-4-23-7-13(11)24-16(18)17-8;/h2,5-6,10-11,13H,1,3-4,7H2,(H,21,22);/q;+1/p-1/b9-5+;. The van der Waals surface area contributed by atoms with E-state index in [4.69, 9.17) is 4.74 Å². The second-order valence-corrected chi connectivity index (χ2v) is 7.55. The van der Waals surface area contributed by atoms with Gasteiger partial charge in [-0.15, -0.1) is 0 Å². The van der Waals surface area contributed by atoms with Crippen molar-refractivity contribution in [3.8, 4) is 0 Å².